The van der Waals surface area contributed by atoms with Gasteiger partial charge in [-0.1, -0.05) is 41.9 Å². The Morgan fingerprint density at radius 2 is 1.83 bits per heavy atom. The highest BCUT2D eigenvalue weighted by Crippen LogP contribution is 2.33. The summed E-state index contributed by atoms with van der Waals surface area (Å²) in [4.78, 5) is 13.1. The molecule has 1 fully saturated rings. The Labute approximate surface area is 216 Å². The van der Waals surface area contributed by atoms with Crippen molar-refractivity contribution in [3.63, 3.8) is 0 Å². The minimum Gasteiger partial charge on any atom is -0.489 e. The average molecular weight is 558 g/mol. The van der Waals surface area contributed by atoms with Gasteiger partial charge in [-0.3, -0.25) is 4.79 Å². The lowest BCUT2D eigenvalue weighted by molar-refractivity contribution is -0.137. The highest BCUT2D eigenvalue weighted by atomic mass is 35.5. The Hall–Kier alpha value is -2.40. The second-order valence-corrected chi connectivity index (χ2v) is 12.2. The van der Waals surface area contributed by atoms with Crippen LogP contribution >= 0.6 is 22.9 Å². The minimum absolute atomic E-state index is 0.0365. The molecule has 1 aliphatic heterocycles. The second-order valence-electron chi connectivity index (χ2n) is 8.38. The maximum Gasteiger partial charge on any atom is 0.416 e. The third-order valence-corrected chi connectivity index (χ3v) is 9.61. The number of carbonyl (C=O) groups is 1. The van der Waals surface area contributed by atoms with Gasteiger partial charge in [0, 0.05) is 13.0 Å². The number of benzene rings is 2. The number of carbonyl (C=O) groups excluding carboxylic acids is 1. The fourth-order valence-corrected chi connectivity index (χ4v) is 7.48. The van der Waals surface area contributed by atoms with Crippen molar-refractivity contribution in [3.8, 4) is 5.75 Å². The quantitative estimate of drug-likeness (QED) is 0.307. The third-order valence-electron chi connectivity index (χ3n) is 6.00. The first-order chi connectivity index (χ1) is 17.1. The van der Waals surface area contributed by atoms with Crippen molar-refractivity contribution in [1.29, 1.82) is 0 Å². The van der Waals surface area contributed by atoms with Crippen LogP contribution in [0.2, 0.25) is 4.34 Å². The summed E-state index contributed by atoms with van der Waals surface area (Å²) in [5, 5.41) is 0. The maximum atomic E-state index is 13.1. The molecule has 3 aromatic rings. The van der Waals surface area contributed by atoms with Crippen LogP contribution in [-0.4, -0.2) is 31.1 Å². The summed E-state index contributed by atoms with van der Waals surface area (Å²) in [6.45, 7) is 0.310. The summed E-state index contributed by atoms with van der Waals surface area (Å²) >= 11 is 6.87. The van der Waals surface area contributed by atoms with Crippen molar-refractivity contribution in [2.45, 2.75) is 48.7 Å². The molecule has 0 saturated carbocycles. The minimum atomic E-state index is -4.46. The molecule has 4 rings (SSSR count). The van der Waals surface area contributed by atoms with Gasteiger partial charge in [-0.2, -0.15) is 17.5 Å². The van der Waals surface area contributed by atoms with Crippen molar-refractivity contribution in [2.75, 3.05) is 6.54 Å². The van der Waals surface area contributed by atoms with Crippen LogP contribution in [0.15, 0.2) is 64.9 Å². The Bertz CT molecular complexity index is 1340. The molecule has 1 aromatic heterocycles. The zero-order valence-electron chi connectivity index (χ0n) is 19.0. The molecule has 0 amide bonds. The maximum absolute atomic E-state index is 13.1. The summed E-state index contributed by atoms with van der Waals surface area (Å²) in [6.07, 6.45) is -2.93. The van der Waals surface area contributed by atoms with Crippen LogP contribution in [0.25, 0.3) is 0 Å². The monoisotopic (exact) mass is 557 g/mol. The van der Waals surface area contributed by atoms with Crippen molar-refractivity contribution in [3.05, 3.63) is 81.7 Å². The van der Waals surface area contributed by atoms with Crippen LogP contribution < -0.4 is 4.74 Å². The fourth-order valence-electron chi connectivity index (χ4n) is 4.19. The predicted octanol–water partition coefficient (Wildman–Crippen LogP) is 6.35. The van der Waals surface area contributed by atoms with E-state index in [1.165, 1.54) is 28.6 Å². The number of Topliss-reactive ketones (excluding diaryl/α,β-unsaturated/α-hetero) is 1. The van der Waals surface area contributed by atoms with Gasteiger partial charge in [0.15, 0.2) is 5.78 Å². The van der Waals surface area contributed by atoms with E-state index in [0.717, 1.165) is 34.6 Å². The lowest BCUT2D eigenvalue weighted by Crippen LogP contribution is -2.40. The van der Waals surface area contributed by atoms with Gasteiger partial charge >= 0.3 is 6.18 Å². The number of nitrogens with zero attached hydrogens (tertiary/aromatic N) is 1. The zero-order valence-corrected chi connectivity index (χ0v) is 21.4. The second kappa shape index (κ2) is 10.9. The van der Waals surface area contributed by atoms with Crippen LogP contribution in [0, 0.1) is 0 Å². The van der Waals surface area contributed by atoms with Crippen LogP contribution in [0.1, 0.15) is 36.0 Å². The normalized spacial score (nSPS) is 16.8. The van der Waals surface area contributed by atoms with Gasteiger partial charge in [0.2, 0.25) is 0 Å². The summed E-state index contributed by atoms with van der Waals surface area (Å²) in [7, 11) is -3.81. The molecule has 1 saturated heterocycles. The van der Waals surface area contributed by atoms with E-state index in [4.69, 9.17) is 16.3 Å². The largest absolute Gasteiger partial charge is 0.489 e. The van der Waals surface area contributed by atoms with Crippen LogP contribution in [-0.2, 0) is 34.0 Å². The average Bonchev–Trinajstić information content (AvgIpc) is 3.52. The molecule has 2 aromatic carbocycles. The molecule has 1 aliphatic rings. The van der Waals surface area contributed by atoms with E-state index in [2.05, 4.69) is 0 Å². The molecule has 192 valence electrons. The third kappa shape index (κ3) is 6.11. The first-order valence-corrected chi connectivity index (χ1v) is 13.9. The molecule has 1 atom stereocenters. The number of ether oxygens (including phenoxy) is 1. The first-order valence-electron chi connectivity index (χ1n) is 11.2. The molecule has 11 heteroatoms. The van der Waals surface area contributed by atoms with Crippen molar-refractivity contribution < 1.29 is 31.1 Å². The molecule has 5 nitrogen and oxygen atoms in total. The smallest absolute Gasteiger partial charge is 0.416 e. The van der Waals surface area contributed by atoms with E-state index in [1.54, 1.807) is 18.2 Å². The van der Waals surface area contributed by atoms with E-state index in [1.807, 2.05) is 6.07 Å². The lowest BCUT2D eigenvalue weighted by Gasteiger charge is -2.22. The van der Waals surface area contributed by atoms with Gasteiger partial charge < -0.3 is 4.74 Å². The number of thiophene rings is 1. The number of aryl methyl sites for hydroxylation is 1. The number of hydrogen-bond donors (Lipinski definition) is 0. The Morgan fingerprint density at radius 1 is 1.08 bits per heavy atom. The Morgan fingerprint density at radius 3 is 2.53 bits per heavy atom. The summed E-state index contributed by atoms with van der Waals surface area (Å²) in [6, 6.07) is 14.1. The summed E-state index contributed by atoms with van der Waals surface area (Å²) in [5.41, 5.74) is 0.766. The first kappa shape index (κ1) is 26.7. The Kier molecular flexibility index (Phi) is 8.09. The van der Waals surface area contributed by atoms with Gasteiger partial charge in [-0.25, -0.2) is 8.42 Å². The van der Waals surface area contributed by atoms with E-state index in [9.17, 15) is 26.4 Å². The molecular weight excluding hydrogens is 535 g/mol. The zero-order chi connectivity index (χ0) is 25.9. The number of sulfonamides is 1. The summed E-state index contributed by atoms with van der Waals surface area (Å²) < 4.78 is 72.3. The van der Waals surface area contributed by atoms with E-state index < -0.39 is 27.8 Å². The van der Waals surface area contributed by atoms with Crippen molar-refractivity contribution >= 4 is 38.7 Å². The molecule has 0 unspecified atom stereocenters. The highest BCUT2D eigenvalue weighted by molar-refractivity contribution is 7.91. The summed E-state index contributed by atoms with van der Waals surface area (Å²) in [5.74, 6) is -0.0801. The standard InChI is InChI=1S/C25H23ClF3NO4S2/c26-23-12-13-24(35-23)36(32,33)30-14-4-9-21(30)22(31)11-10-17-5-1-2-6-18(17)16-34-20-8-3-7-19(15-20)25(27,28)29/h1-3,5-8,12-13,15,21H,4,9-11,14,16H2/t21-/m0/s1. The SMILES string of the molecule is O=C(CCc1ccccc1COc1cccc(C(F)(F)F)c1)[C@@H]1CCCN1S(=O)(=O)c1ccc(Cl)s1. The number of hydrogen-bond acceptors (Lipinski definition) is 5. The fraction of sp³-hybridized carbons (Fsp3) is 0.320. The molecule has 0 radical (unpaired) electrons. The molecule has 0 bridgehead atoms. The number of ketones is 1. The number of halogens is 4. The van der Waals surface area contributed by atoms with Gasteiger partial charge in [0.1, 0.15) is 16.6 Å². The molecule has 0 aliphatic carbocycles. The lowest BCUT2D eigenvalue weighted by atomic mass is 9.99. The number of alkyl halides is 3. The van der Waals surface area contributed by atoms with Crippen LogP contribution in [0.5, 0.6) is 5.75 Å². The molecule has 36 heavy (non-hydrogen) atoms. The Balaban J connectivity index is 1.41. The van der Waals surface area contributed by atoms with Gasteiger partial charge in [0.25, 0.3) is 10.0 Å². The molecule has 0 N–H and O–H groups in total. The predicted molar refractivity (Wildman–Crippen MR) is 132 cm³/mol. The van der Waals surface area contributed by atoms with E-state index in [0.29, 0.717) is 23.6 Å². The van der Waals surface area contributed by atoms with Gasteiger partial charge in [-0.05, 0) is 60.7 Å². The van der Waals surface area contributed by atoms with Gasteiger partial charge in [0.05, 0.1) is 15.9 Å². The van der Waals surface area contributed by atoms with Gasteiger partial charge in [-0.15, -0.1) is 11.3 Å². The topological polar surface area (TPSA) is 63.7 Å². The highest BCUT2D eigenvalue weighted by Gasteiger charge is 2.39. The van der Waals surface area contributed by atoms with E-state index >= 15 is 0 Å². The number of rotatable bonds is 9. The molecular formula is C25H23ClF3NO4S2. The molecule has 0 spiro atoms. The van der Waals surface area contributed by atoms with Crippen molar-refractivity contribution in [2.24, 2.45) is 0 Å². The van der Waals surface area contributed by atoms with Crippen LogP contribution in [0.3, 0.4) is 0 Å². The molecule has 2 heterocycles. The van der Waals surface area contributed by atoms with E-state index in [-0.39, 0.29) is 35.3 Å². The van der Waals surface area contributed by atoms with Crippen LogP contribution in [0.4, 0.5) is 13.2 Å². The van der Waals surface area contributed by atoms with Crippen molar-refractivity contribution in [1.82, 2.24) is 4.31 Å².